The number of nitrogens with one attached hydrogen (secondary N) is 1. The Morgan fingerprint density at radius 2 is 1.89 bits per heavy atom. The fraction of sp³-hybridized carbons (Fsp3) is 0.192. The molecule has 180 valence electrons. The number of hydrogen-bond acceptors (Lipinski definition) is 4. The number of carbonyl (C=O) groups excluding carboxylic acids is 3. The van der Waals surface area contributed by atoms with Crippen LogP contribution in [0, 0.1) is 15.2 Å². The molecule has 1 unspecified atom stereocenters. The summed E-state index contributed by atoms with van der Waals surface area (Å²) in [5.41, 5.74) is 6.64. The van der Waals surface area contributed by atoms with Gasteiger partial charge in [0.25, 0.3) is 5.91 Å². The predicted molar refractivity (Wildman–Crippen MR) is 133 cm³/mol. The summed E-state index contributed by atoms with van der Waals surface area (Å²) >= 11 is 1.98. The number of hydrogen-bond donors (Lipinski definition) is 2. The summed E-state index contributed by atoms with van der Waals surface area (Å²) in [6, 6.07) is 12.9. The number of ether oxygens (including phenoxy) is 1. The number of nitrogens with two attached hydrogens (primary N) is 1. The van der Waals surface area contributed by atoms with Crippen molar-refractivity contribution in [3.63, 3.8) is 0 Å². The minimum atomic E-state index is -0.843. The molecule has 0 saturated carbocycles. The van der Waals surface area contributed by atoms with E-state index in [1.165, 1.54) is 6.07 Å². The van der Waals surface area contributed by atoms with Crippen LogP contribution >= 0.6 is 22.6 Å². The van der Waals surface area contributed by atoms with Crippen LogP contribution in [0.3, 0.4) is 0 Å². The summed E-state index contributed by atoms with van der Waals surface area (Å²) < 4.78 is 35.4. The second kappa shape index (κ2) is 10.5. The maximum atomic E-state index is 14.5. The molecule has 0 bridgehead atoms. The van der Waals surface area contributed by atoms with Gasteiger partial charge in [0.15, 0.2) is 5.78 Å². The van der Waals surface area contributed by atoms with Gasteiger partial charge in [-0.25, -0.2) is 8.78 Å². The molecule has 1 saturated heterocycles. The first-order valence-corrected chi connectivity index (χ1v) is 11.9. The van der Waals surface area contributed by atoms with Crippen molar-refractivity contribution in [2.24, 2.45) is 5.73 Å². The van der Waals surface area contributed by atoms with E-state index in [1.807, 2.05) is 22.6 Å². The Labute approximate surface area is 214 Å². The number of amides is 2. The Kier molecular flexibility index (Phi) is 7.44. The molecule has 0 aromatic heterocycles. The van der Waals surface area contributed by atoms with E-state index in [0.29, 0.717) is 22.0 Å². The van der Waals surface area contributed by atoms with E-state index in [2.05, 4.69) is 5.32 Å². The lowest BCUT2D eigenvalue weighted by Crippen LogP contribution is -2.34. The van der Waals surface area contributed by atoms with Crippen molar-refractivity contribution >= 4 is 40.2 Å². The van der Waals surface area contributed by atoms with Gasteiger partial charge in [-0.15, -0.1) is 0 Å². The maximum Gasteiger partial charge on any atom is 0.252 e. The number of rotatable bonds is 8. The van der Waals surface area contributed by atoms with Gasteiger partial charge >= 0.3 is 0 Å². The largest absolute Gasteiger partial charge is 0.456 e. The zero-order valence-electron chi connectivity index (χ0n) is 18.4. The van der Waals surface area contributed by atoms with Crippen LogP contribution < -0.4 is 15.8 Å². The summed E-state index contributed by atoms with van der Waals surface area (Å²) in [4.78, 5) is 36.2. The molecule has 1 aliphatic heterocycles. The third-order valence-electron chi connectivity index (χ3n) is 5.68. The van der Waals surface area contributed by atoms with Crippen LogP contribution in [0.4, 0.5) is 8.78 Å². The molecule has 1 atom stereocenters. The molecule has 1 fully saturated rings. The van der Waals surface area contributed by atoms with Crippen LogP contribution in [-0.2, 0) is 22.4 Å². The van der Waals surface area contributed by atoms with Crippen molar-refractivity contribution in [3.05, 3.63) is 92.1 Å². The third-order valence-corrected chi connectivity index (χ3v) is 6.35. The van der Waals surface area contributed by atoms with E-state index in [4.69, 9.17) is 10.5 Å². The summed E-state index contributed by atoms with van der Waals surface area (Å²) in [6.45, 7) is 0. The number of carbonyl (C=O) groups is 3. The Morgan fingerprint density at radius 1 is 1.09 bits per heavy atom. The van der Waals surface area contributed by atoms with Gasteiger partial charge in [0.1, 0.15) is 23.1 Å². The van der Waals surface area contributed by atoms with Crippen LogP contribution in [0.25, 0.3) is 0 Å². The zero-order chi connectivity index (χ0) is 25.1. The first kappa shape index (κ1) is 24.8. The fourth-order valence-electron chi connectivity index (χ4n) is 4.03. The minimum absolute atomic E-state index is 0.0560. The lowest BCUT2D eigenvalue weighted by atomic mass is 9.98. The molecule has 3 aromatic carbocycles. The first-order valence-electron chi connectivity index (χ1n) is 10.8. The molecule has 6 nitrogen and oxygen atoms in total. The highest BCUT2D eigenvalue weighted by Gasteiger charge is 2.27. The van der Waals surface area contributed by atoms with Crippen LogP contribution in [0.2, 0.25) is 0 Å². The van der Waals surface area contributed by atoms with Gasteiger partial charge in [-0.05, 0) is 76.0 Å². The van der Waals surface area contributed by atoms with Gasteiger partial charge in [0, 0.05) is 28.9 Å². The van der Waals surface area contributed by atoms with Crippen molar-refractivity contribution < 1.29 is 27.9 Å². The zero-order valence-corrected chi connectivity index (χ0v) is 20.6. The molecule has 35 heavy (non-hydrogen) atoms. The van der Waals surface area contributed by atoms with Gasteiger partial charge < -0.3 is 15.8 Å². The van der Waals surface area contributed by atoms with Gasteiger partial charge in [-0.1, -0.05) is 18.2 Å². The molecule has 0 radical (unpaired) electrons. The lowest BCUT2D eigenvalue weighted by Gasteiger charge is -2.15. The lowest BCUT2D eigenvalue weighted by molar-refractivity contribution is -0.124. The van der Waals surface area contributed by atoms with Crippen LogP contribution in [0.1, 0.15) is 39.9 Å². The Morgan fingerprint density at radius 3 is 2.57 bits per heavy atom. The average Bonchev–Trinajstić information content (AvgIpc) is 3.22. The highest BCUT2D eigenvalue weighted by molar-refractivity contribution is 14.1. The predicted octanol–water partition coefficient (Wildman–Crippen LogP) is 4.44. The SMILES string of the molecule is NC(=O)c1c(Cc2ccc(I)cc2F)cc(F)cc1Oc1cccc(CC(=O)C2CCC(=O)N2)c1. The van der Waals surface area contributed by atoms with Crippen molar-refractivity contribution in [1.82, 2.24) is 5.32 Å². The monoisotopic (exact) mass is 590 g/mol. The molecule has 4 rings (SSSR count). The van der Waals surface area contributed by atoms with E-state index in [9.17, 15) is 23.2 Å². The molecule has 0 aliphatic carbocycles. The van der Waals surface area contributed by atoms with Crippen molar-refractivity contribution in [2.45, 2.75) is 31.7 Å². The molecule has 0 spiro atoms. The fourth-order valence-corrected chi connectivity index (χ4v) is 4.48. The summed E-state index contributed by atoms with van der Waals surface area (Å²) in [5, 5.41) is 2.65. The summed E-state index contributed by atoms with van der Waals surface area (Å²) in [6.07, 6.45) is 0.800. The number of halogens is 3. The smallest absolute Gasteiger partial charge is 0.252 e. The highest BCUT2D eigenvalue weighted by Crippen LogP contribution is 2.31. The quantitative estimate of drug-likeness (QED) is 0.379. The molecule has 3 N–H and O–H groups in total. The van der Waals surface area contributed by atoms with Crippen molar-refractivity contribution in [3.8, 4) is 11.5 Å². The Hall–Kier alpha value is -3.34. The van der Waals surface area contributed by atoms with Gasteiger partial charge in [0.05, 0.1) is 11.6 Å². The second-order valence-corrected chi connectivity index (χ2v) is 9.51. The van der Waals surface area contributed by atoms with Gasteiger partial charge in [-0.3, -0.25) is 14.4 Å². The van der Waals surface area contributed by atoms with E-state index >= 15 is 0 Å². The summed E-state index contributed by atoms with van der Waals surface area (Å²) in [7, 11) is 0. The van der Waals surface area contributed by atoms with E-state index in [-0.39, 0.29) is 52.7 Å². The summed E-state index contributed by atoms with van der Waals surface area (Å²) in [5.74, 6) is -2.10. The van der Waals surface area contributed by atoms with Crippen molar-refractivity contribution in [2.75, 3.05) is 0 Å². The number of Topliss-reactive ketones (excluding diaryl/α,β-unsaturated/α-hetero) is 1. The van der Waals surface area contributed by atoms with E-state index in [0.717, 1.165) is 12.1 Å². The molecule has 2 amide bonds. The Bertz CT molecular complexity index is 1330. The molecule has 9 heteroatoms. The van der Waals surface area contributed by atoms with E-state index in [1.54, 1.807) is 36.4 Å². The maximum absolute atomic E-state index is 14.5. The van der Waals surface area contributed by atoms with Crippen LogP contribution in [0.5, 0.6) is 11.5 Å². The minimum Gasteiger partial charge on any atom is -0.456 e. The number of benzene rings is 3. The molecule has 1 aliphatic rings. The van der Waals surface area contributed by atoms with Crippen molar-refractivity contribution in [1.29, 1.82) is 0 Å². The second-order valence-electron chi connectivity index (χ2n) is 8.27. The van der Waals surface area contributed by atoms with Crippen LogP contribution in [-0.4, -0.2) is 23.6 Å². The molecule has 3 aromatic rings. The highest BCUT2D eigenvalue weighted by atomic mass is 127. The molecule has 1 heterocycles. The third kappa shape index (κ3) is 6.02. The van der Waals surface area contributed by atoms with Gasteiger partial charge in [-0.2, -0.15) is 0 Å². The average molecular weight is 590 g/mol. The van der Waals surface area contributed by atoms with E-state index < -0.39 is 23.6 Å². The number of primary amides is 1. The van der Waals surface area contributed by atoms with Crippen LogP contribution in [0.15, 0.2) is 54.6 Å². The topological polar surface area (TPSA) is 98.5 Å². The first-order chi connectivity index (χ1) is 16.7. The van der Waals surface area contributed by atoms with Gasteiger partial charge in [0.2, 0.25) is 5.91 Å². The normalized spacial score (nSPS) is 15.1. The standard InChI is InChI=1S/C26H21F2IN2O4/c27-17-11-16(10-15-4-5-18(29)13-20(15)28)25(26(30)34)23(12-17)35-19-3-1-2-14(8-19)9-22(32)21-6-7-24(33)31-21/h1-5,8,11-13,21H,6-7,9-10H2,(H2,30,34)(H,31,33). The molecular formula is C26H21F2IN2O4. The molecular weight excluding hydrogens is 569 g/mol. The number of ketones is 1. The Balaban J connectivity index is 1.60.